The SMILES string of the molecule is CCC(NC1CCCCC1SC)c1cccc([N+](=O)[O-])c1. The van der Waals surface area contributed by atoms with Crippen LogP contribution in [0.2, 0.25) is 0 Å². The van der Waals surface area contributed by atoms with Crippen LogP contribution in [0.1, 0.15) is 50.6 Å². The predicted molar refractivity (Wildman–Crippen MR) is 88.8 cm³/mol. The number of rotatable bonds is 6. The molecule has 1 aromatic rings. The highest BCUT2D eigenvalue weighted by atomic mass is 32.2. The Bertz CT molecular complexity index is 481. The summed E-state index contributed by atoms with van der Waals surface area (Å²) in [5.41, 5.74) is 1.20. The number of hydrogen-bond acceptors (Lipinski definition) is 4. The van der Waals surface area contributed by atoms with Crippen LogP contribution in [0.5, 0.6) is 0 Å². The third kappa shape index (κ3) is 4.20. The van der Waals surface area contributed by atoms with Crippen LogP contribution in [0.15, 0.2) is 24.3 Å². The van der Waals surface area contributed by atoms with Gasteiger partial charge in [0.2, 0.25) is 0 Å². The zero-order chi connectivity index (χ0) is 15.2. The van der Waals surface area contributed by atoms with Crippen LogP contribution in [-0.4, -0.2) is 22.5 Å². The van der Waals surface area contributed by atoms with Crippen LogP contribution in [0.3, 0.4) is 0 Å². The summed E-state index contributed by atoms with van der Waals surface area (Å²) in [6.45, 7) is 2.13. The van der Waals surface area contributed by atoms with Gasteiger partial charge in [0.15, 0.2) is 0 Å². The summed E-state index contributed by atoms with van der Waals surface area (Å²) in [4.78, 5) is 10.6. The first kappa shape index (κ1) is 16.3. The fourth-order valence-corrected chi connectivity index (χ4v) is 4.08. The minimum Gasteiger partial charge on any atom is -0.306 e. The summed E-state index contributed by atoms with van der Waals surface area (Å²) in [6, 6.07) is 7.75. The molecule has 3 unspecified atom stereocenters. The van der Waals surface area contributed by atoms with Gasteiger partial charge in [0.1, 0.15) is 0 Å². The Balaban J connectivity index is 2.11. The summed E-state index contributed by atoms with van der Waals surface area (Å²) in [6.07, 6.45) is 8.19. The lowest BCUT2D eigenvalue weighted by Gasteiger charge is -2.34. The van der Waals surface area contributed by atoms with E-state index < -0.39 is 0 Å². The summed E-state index contributed by atoms with van der Waals surface area (Å²) < 4.78 is 0. The lowest BCUT2D eigenvalue weighted by atomic mass is 9.92. The van der Waals surface area contributed by atoms with E-state index in [0.29, 0.717) is 11.3 Å². The monoisotopic (exact) mass is 308 g/mol. The van der Waals surface area contributed by atoms with Crippen LogP contribution in [0.4, 0.5) is 5.69 Å². The van der Waals surface area contributed by atoms with Gasteiger partial charge < -0.3 is 5.32 Å². The Labute approximate surface area is 130 Å². The lowest BCUT2D eigenvalue weighted by molar-refractivity contribution is -0.384. The number of hydrogen-bond donors (Lipinski definition) is 1. The molecule has 0 spiro atoms. The normalized spacial score (nSPS) is 23.7. The largest absolute Gasteiger partial charge is 0.306 e. The van der Waals surface area contributed by atoms with Gasteiger partial charge in [0.05, 0.1) is 4.92 Å². The summed E-state index contributed by atoms with van der Waals surface area (Å²) in [5.74, 6) is 0. The van der Waals surface area contributed by atoms with Crippen molar-refractivity contribution in [2.45, 2.75) is 56.4 Å². The Hall–Kier alpha value is -1.07. The Morgan fingerprint density at radius 1 is 1.43 bits per heavy atom. The van der Waals surface area contributed by atoms with Crippen LogP contribution in [-0.2, 0) is 0 Å². The maximum absolute atomic E-state index is 10.9. The van der Waals surface area contributed by atoms with Crippen molar-refractivity contribution in [3.63, 3.8) is 0 Å². The molecule has 3 atom stereocenters. The molecule has 0 aliphatic heterocycles. The first-order chi connectivity index (χ1) is 10.2. The Morgan fingerprint density at radius 3 is 2.86 bits per heavy atom. The van der Waals surface area contributed by atoms with Crippen molar-refractivity contribution in [1.29, 1.82) is 0 Å². The van der Waals surface area contributed by atoms with Crippen molar-refractivity contribution in [3.05, 3.63) is 39.9 Å². The smallest absolute Gasteiger partial charge is 0.269 e. The van der Waals surface area contributed by atoms with E-state index in [4.69, 9.17) is 0 Å². The van der Waals surface area contributed by atoms with Crippen LogP contribution >= 0.6 is 11.8 Å². The molecule has 0 aromatic heterocycles. The standard InChI is InChI=1S/C16H24N2O2S/c1-3-14(12-7-6-8-13(11-12)18(19)20)17-15-9-4-5-10-16(15)21-2/h6-8,11,14-17H,3-5,9-10H2,1-2H3. The lowest BCUT2D eigenvalue weighted by Crippen LogP contribution is -2.42. The minimum atomic E-state index is -0.318. The molecular formula is C16H24N2O2S. The van der Waals surface area contributed by atoms with E-state index in [1.807, 2.05) is 17.8 Å². The van der Waals surface area contributed by atoms with E-state index in [-0.39, 0.29) is 16.7 Å². The molecule has 2 rings (SSSR count). The van der Waals surface area contributed by atoms with Gasteiger partial charge in [-0.1, -0.05) is 31.9 Å². The maximum atomic E-state index is 10.9. The molecule has 1 aliphatic rings. The maximum Gasteiger partial charge on any atom is 0.269 e. The molecule has 4 nitrogen and oxygen atoms in total. The van der Waals surface area contributed by atoms with Crippen molar-refractivity contribution in [3.8, 4) is 0 Å². The van der Waals surface area contributed by atoms with Crippen LogP contribution < -0.4 is 5.32 Å². The van der Waals surface area contributed by atoms with E-state index in [1.54, 1.807) is 18.2 Å². The quantitative estimate of drug-likeness (QED) is 0.628. The zero-order valence-corrected chi connectivity index (χ0v) is 13.6. The average molecular weight is 308 g/mol. The van der Waals surface area contributed by atoms with Crippen LogP contribution in [0, 0.1) is 10.1 Å². The predicted octanol–water partition coefficient (Wildman–Crippen LogP) is 4.31. The second-order valence-electron chi connectivity index (χ2n) is 5.64. The van der Waals surface area contributed by atoms with E-state index in [0.717, 1.165) is 12.0 Å². The summed E-state index contributed by atoms with van der Waals surface area (Å²) in [7, 11) is 0. The summed E-state index contributed by atoms with van der Waals surface area (Å²) >= 11 is 1.94. The molecule has 116 valence electrons. The molecule has 1 aliphatic carbocycles. The van der Waals surface area contributed by atoms with Crippen molar-refractivity contribution in [1.82, 2.24) is 5.32 Å². The molecule has 0 radical (unpaired) electrons. The number of nitro benzene ring substituents is 1. The topological polar surface area (TPSA) is 55.2 Å². The number of non-ortho nitro benzene ring substituents is 1. The molecule has 1 fully saturated rings. The van der Waals surface area contributed by atoms with Gasteiger partial charge in [-0.2, -0.15) is 11.8 Å². The molecule has 0 amide bonds. The van der Waals surface area contributed by atoms with E-state index in [9.17, 15) is 10.1 Å². The zero-order valence-electron chi connectivity index (χ0n) is 12.7. The first-order valence-corrected chi connectivity index (χ1v) is 8.97. The molecule has 0 heterocycles. The highest BCUT2D eigenvalue weighted by Gasteiger charge is 2.26. The number of nitro groups is 1. The molecule has 1 saturated carbocycles. The van der Waals surface area contributed by atoms with Gasteiger partial charge in [-0.3, -0.25) is 10.1 Å². The Morgan fingerprint density at radius 2 is 2.19 bits per heavy atom. The highest BCUT2D eigenvalue weighted by molar-refractivity contribution is 7.99. The number of nitrogens with zero attached hydrogens (tertiary/aromatic N) is 1. The third-order valence-electron chi connectivity index (χ3n) is 4.31. The van der Waals surface area contributed by atoms with Crippen molar-refractivity contribution >= 4 is 17.4 Å². The van der Waals surface area contributed by atoms with Gasteiger partial charge in [-0.05, 0) is 31.1 Å². The van der Waals surface area contributed by atoms with Crippen molar-refractivity contribution in [2.75, 3.05) is 6.26 Å². The number of thioether (sulfide) groups is 1. The van der Waals surface area contributed by atoms with E-state index in [2.05, 4.69) is 18.5 Å². The van der Waals surface area contributed by atoms with Gasteiger partial charge in [0, 0.05) is 29.5 Å². The second-order valence-corrected chi connectivity index (χ2v) is 6.72. The molecule has 0 saturated heterocycles. The molecular weight excluding hydrogens is 284 g/mol. The van der Waals surface area contributed by atoms with E-state index in [1.165, 1.54) is 25.7 Å². The first-order valence-electron chi connectivity index (χ1n) is 7.69. The van der Waals surface area contributed by atoms with Gasteiger partial charge in [-0.25, -0.2) is 0 Å². The van der Waals surface area contributed by atoms with E-state index >= 15 is 0 Å². The Kier molecular flexibility index (Phi) is 6.06. The molecule has 21 heavy (non-hydrogen) atoms. The highest BCUT2D eigenvalue weighted by Crippen LogP contribution is 2.30. The van der Waals surface area contributed by atoms with Gasteiger partial charge >= 0.3 is 0 Å². The fraction of sp³-hybridized carbons (Fsp3) is 0.625. The fourth-order valence-electron chi connectivity index (χ4n) is 3.13. The van der Waals surface area contributed by atoms with Crippen LogP contribution in [0.25, 0.3) is 0 Å². The number of benzene rings is 1. The summed E-state index contributed by atoms with van der Waals surface area (Å²) in [5, 5.41) is 15.3. The second kappa shape index (κ2) is 7.80. The van der Waals surface area contributed by atoms with Crippen molar-refractivity contribution in [2.24, 2.45) is 0 Å². The van der Waals surface area contributed by atoms with Gasteiger partial charge in [-0.15, -0.1) is 0 Å². The third-order valence-corrected chi connectivity index (χ3v) is 5.48. The molecule has 1 N–H and O–H groups in total. The number of nitrogens with one attached hydrogen (secondary N) is 1. The van der Waals surface area contributed by atoms with Gasteiger partial charge in [0.25, 0.3) is 5.69 Å². The average Bonchev–Trinajstić information content (AvgIpc) is 2.53. The van der Waals surface area contributed by atoms with Crippen molar-refractivity contribution < 1.29 is 4.92 Å². The molecule has 0 bridgehead atoms. The molecule has 5 heteroatoms. The molecule has 1 aromatic carbocycles. The minimum absolute atomic E-state index is 0.179.